The Morgan fingerprint density at radius 2 is 2.27 bits per heavy atom. The number of carbonyl (C=O) groups is 1. The number of rotatable bonds is 8. The zero-order chi connectivity index (χ0) is 18.5. The fourth-order valence-corrected chi connectivity index (χ4v) is 3.59. The van der Waals surface area contributed by atoms with Gasteiger partial charge in [0.25, 0.3) is 0 Å². The normalized spacial score (nSPS) is 12.3. The minimum absolute atomic E-state index is 0.102. The first-order valence-electron chi connectivity index (χ1n) is 8.53. The number of amides is 1. The van der Waals surface area contributed by atoms with Crippen molar-refractivity contribution in [2.45, 2.75) is 43.5 Å². The molecule has 0 spiro atoms. The van der Waals surface area contributed by atoms with E-state index in [1.54, 1.807) is 20.1 Å². The van der Waals surface area contributed by atoms with Crippen molar-refractivity contribution >= 4 is 34.5 Å². The van der Waals surface area contributed by atoms with Crippen LogP contribution < -0.4 is 10.1 Å². The van der Waals surface area contributed by atoms with Gasteiger partial charge in [-0.15, -0.1) is 0 Å². The molecule has 0 aliphatic carbocycles. The van der Waals surface area contributed by atoms with Crippen LogP contribution in [0.1, 0.15) is 31.9 Å². The number of carbonyl (C=O) groups excluding carboxylic acids is 1. The maximum Gasteiger partial charge on any atom is 0.239 e. The van der Waals surface area contributed by atoms with Gasteiger partial charge in [-0.1, -0.05) is 36.7 Å². The number of hydrogen-bond acceptors (Lipinski definition) is 6. The average Bonchev–Trinajstić information content (AvgIpc) is 3.22. The summed E-state index contributed by atoms with van der Waals surface area (Å²) in [5.74, 6) is 1.75. The fraction of sp³-hybridized carbons (Fsp3) is 0.389. The predicted molar refractivity (Wildman–Crippen MR) is 102 cm³/mol. The van der Waals surface area contributed by atoms with Crippen molar-refractivity contribution in [3.63, 3.8) is 0 Å². The Balaban J connectivity index is 1.75. The standard InChI is InChI=1S/C18H22N4O3S/c1-4-5-6-15(17(23)21-16-9-11(2)25-22-16)26-18-19-13-8-7-12(24-3)10-14(13)20-18/h7-10,15H,4-6H2,1-3H3,(H,19,20)(H,21,22,23). The highest BCUT2D eigenvalue weighted by Gasteiger charge is 2.22. The third-order valence-electron chi connectivity index (χ3n) is 3.91. The number of ether oxygens (including phenoxy) is 1. The molecule has 1 unspecified atom stereocenters. The Morgan fingerprint density at radius 3 is 2.96 bits per heavy atom. The molecule has 0 saturated heterocycles. The molecule has 2 heterocycles. The van der Waals surface area contributed by atoms with Gasteiger partial charge in [-0.25, -0.2) is 4.98 Å². The average molecular weight is 374 g/mol. The molecule has 1 amide bonds. The smallest absolute Gasteiger partial charge is 0.239 e. The molecule has 1 aromatic carbocycles. The number of aromatic amines is 1. The van der Waals surface area contributed by atoms with Crippen molar-refractivity contribution < 1.29 is 14.1 Å². The van der Waals surface area contributed by atoms with Crippen LogP contribution in [0.2, 0.25) is 0 Å². The van der Waals surface area contributed by atoms with Gasteiger partial charge in [0, 0.05) is 12.1 Å². The number of aromatic nitrogens is 3. The quantitative estimate of drug-likeness (QED) is 0.575. The first kappa shape index (κ1) is 18.3. The molecule has 2 N–H and O–H groups in total. The van der Waals surface area contributed by atoms with E-state index in [2.05, 4.69) is 27.4 Å². The van der Waals surface area contributed by atoms with E-state index in [0.717, 1.165) is 36.0 Å². The first-order chi connectivity index (χ1) is 12.6. The molecule has 0 bridgehead atoms. The summed E-state index contributed by atoms with van der Waals surface area (Å²) < 4.78 is 10.2. The van der Waals surface area contributed by atoms with Gasteiger partial charge in [-0.2, -0.15) is 0 Å². The van der Waals surface area contributed by atoms with Crippen LogP contribution in [0.5, 0.6) is 5.75 Å². The van der Waals surface area contributed by atoms with Crippen LogP contribution in [0.25, 0.3) is 11.0 Å². The highest BCUT2D eigenvalue weighted by molar-refractivity contribution is 8.00. The van der Waals surface area contributed by atoms with Gasteiger partial charge in [-0.05, 0) is 25.5 Å². The molecule has 0 fully saturated rings. The van der Waals surface area contributed by atoms with E-state index < -0.39 is 0 Å². The molecule has 3 aromatic rings. The molecule has 8 heteroatoms. The fourth-order valence-electron chi connectivity index (χ4n) is 2.55. The number of H-pyrrole nitrogens is 1. The lowest BCUT2D eigenvalue weighted by atomic mass is 10.2. The molecular weight excluding hydrogens is 352 g/mol. The molecule has 0 aliphatic rings. The van der Waals surface area contributed by atoms with E-state index in [1.165, 1.54) is 11.8 Å². The van der Waals surface area contributed by atoms with Crippen LogP contribution in [0.15, 0.2) is 33.9 Å². The Bertz CT molecular complexity index is 890. The maximum atomic E-state index is 12.7. The van der Waals surface area contributed by atoms with Gasteiger partial charge < -0.3 is 19.6 Å². The maximum absolute atomic E-state index is 12.7. The zero-order valence-electron chi connectivity index (χ0n) is 15.0. The van der Waals surface area contributed by atoms with Crippen molar-refractivity contribution in [3.8, 4) is 5.75 Å². The summed E-state index contributed by atoms with van der Waals surface area (Å²) in [5, 5.41) is 7.08. The molecular formula is C18H22N4O3S. The second kappa shape index (κ2) is 8.27. The lowest BCUT2D eigenvalue weighted by Crippen LogP contribution is -2.25. The van der Waals surface area contributed by atoms with Crippen molar-refractivity contribution in [2.75, 3.05) is 12.4 Å². The van der Waals surface area contributed by atoms with Crippen molar-refractivity contribution in [1.29, 1.82) is 0 Å². The zero-order valence-corrected chi connectivity index (χ0v) is 15.9. The van der Waals surface area contributed by atoms with Gasteiger partial charge in [0.2, 0.25) is 5.91 Å². The number of nitrogens with zero attached hydrogens (tertiary/aromatic N) is 2. The second-order valence-corrected chi connectivity index (χ2v) is 7.18. The van der Waals surface area contributed by atoms with Crippen LogP contribution in [0, 0.1) is 6.92 Å². The topological polar surface area (TPSA) is 93.0 Å². The summed E-state index contributed by atoms with van der Waals surface area (Å²) in [6.07, 6.45) is 2.73. The third-order valence-corrected chi connectivity index (χ3v) is 5.06. The molecule has 3 rings (SSSR count). The Kier molecular flexibility index (Phi) is 5.82. The number of unbranched alkanes of at least 4 members (excludes halogenated alkanes) is 1. The molecule has 0 aliphatic heterocycles. The summed E-state index contributed by atoms with van der Waals surface area (Å²) in [7, 11) is 1.63. The molecule has 2 aromatic heterocycles. The minimum atomic E-state index is -0.269. The third kappa shape index (κ3) is 4.37. The number of nitrogens with one attached hydrogen (secondary N) is 2. The molecule has 0 radical (unpaired) electrons. The van der Waals surface area contributed by atoms with Gasteiger partial charge >= 0.3 is 0 Å². The summed E-state index contributed by atoms with van der Waals surface area (Å²) in [5.41, 5.74) is 1.73. The Hall–Kier alpha value is -2.48. The molecule has 7 nitrogen and oxygen atoms in total. The van der Waals surface area contributed by atoms with Gasteiger partial charge in [0.15, 0.2) is 11.0 Å². The summed E-state index contributed by atoms with van der Waals surface area (Å²) in [6.45, 7) is 3.89. The van der Waals surface area contributed by atoms with E-state index in [9.17, 15) is 4.79 Å². The van der Waals surface area contributed by atoms with E-state index >= 15 is 0 Å². The van der Waals surface area contributed by atoms with Crippen LogP contribution in [0.4, 0.5) is 5.82 Å². The number of benzene rings is 1. The lowest BCUT2D eigenvalue weighted by Gasteiger charge is -2.13. The first-order valence-corrected chi connectivity index (χ1v) is 9.41. The van der Waals surface area contributed by atoms with Crippen molar-refractivity contribution in [1.82, 2.24) is 15.1 Å². The largest absolute Gasteiger partial charge is 0.497 e. The SMILES string of the molecule is CCCCC(Sc1nc2ccc(OC)cc2[nH]1)C(=O)Nc1cc(C)on1. The Labute approximate surface area is 155 Å². The number of methoxy groups -OCH3 is 1. The summed E-state index contributed by atoms with van der Waals surface area (Å²) >= 11 is 1.42. The number of fused-ring (bicyclic) bond motifs is 1. The lowest BCUT2D eigenvalue weighted by molar-refractivity contribution is -0.115. The highest BCUT2D eigenvalue weighted by atomic mass is 32.2. The highest BCUT2D eigenvalue weighted by Crippen LogP contribution is 2.29. The number of anilines is 1. The minimum Gasteiger partial charge on any atom is -0.497 e. The Morgan fingerprint density at radius 1 is 1.42 bits per heavy atom. The number of hydrogen-bond donors (Lipinski definition) is 2. The van der Waals surface area contributed by atoms with Gasteiger partial charge in [0.05, 0.1) is 23.4 Å². The number of thioether (sulfide) groups is 1. The number of imidazole rings is 1. The number of aryl methyl sites for hydroxylation is 1. The van der Waals surface area contributed by atoms with Crippen molar-refractivity contribution in [2.24, 2.45) is 0 Å². The van der Waals surface area contributed by atoms with Gasteiger partial charge in [-0.3, -0.25) is 4.79 Å². The van der Waals surface area contributed by atoms with E-state index in [1.807, 2.05) is 18.2 Å². The van der Waals surface area contributed by atoms with Crippen LogP contribution in [0.3, 0.4) is 0 Å². The van der Waals surface area contributed by atoms with Gasteiger partial charge in [0.1, 0.15) is 11.5 Å². The predicted octanol–water partition coefficient (Wildman–Crippen LogP) is 4.16. The molecule has 138 valence electrons. The molecule has 1 atom stereocenters. The molecule has 0 saturated carbocycles. The van der Waals surface area contributed by atoms with Crippen molar-refractivity contribution in [3.05, 3.63) is 30.0 Å². The van der Waals surface area contributed by atoms with Crippen LogP contribution in [-0.2, 0) is 4.79 Å². The summed E-state index contributed by atoms with van der Waals surface area (Å²) in [6, 6.07) is 7.36. The van der Waals surface area contributed by atoms with Crippen LogP contribution >= 0.6 is 11.8 Å². The second-order valence-electron chi connectivity index (χ2n) is 5.99. The van der Waals surface area contributed by atoms with E-state index in [4.69, 9.17) is 9.26 Å². The van der Waals surface area contributed by atoms with Crippen LogP contribution in [-0.4, -0.2) is 33.4 Å². The summed E-state index contributed by atoms with van der Waals surface area (Å²) in [4.78, 5) is 20.5. The monoisotopic (exact) mass is 374 g/mol. The van der Waals surface area contributed by atoms with E-state index in [0.29, 0.717) is 16.7 Å². The molecule has 26 heavy (non-hydrogen) atoms. The van der Waals surface area contributed by atoms with E-state index in [-0.39, 0.29) is 11.2 Å².